The Morgan fingerprint density at radius 3 is 2.85 bits per heavy atom. The quantitative estimate of drug-likeness (QED) is 0.399. The average molecular weight is 179 g/mol. The van der Waals surface area contributed by atoms with Gasteiger partial charge in [-0.05, 0) is 19.1 Å². The molecule has 0 bridgehead atoms. The largest absolute Gasteiger partial charge is 0.394 e. The zero-order valence-corrected chi connectivity index (χ0v) is 7.57. The molecule has 0 unspecified atom stereocenters. The van der Waals surface area contributed by atoms with E-state index in [1.54, 1.807) is 12.4 Å². The third kappa shape index (κ3) is 3.21. The van der Waals surface area contributed by atoms with E-state index in [1.807, 2.05) is 19.1 Å². The highest BCUT2D eigenvalue weighted by Gasteiger charge is 1.94. The molecule has 0 amide bonds. The molecule has 0 fully saturated rings. The number of aromatic nitrogens is 1. The molecule has 13 heavy (non-hydrogen) atoms. The molecule has 0 atom stereocenters. The summed E-state index contributed by atoms with van der Waals surface area (Å²) in [6.45, 7) is 2.47. The lowest BCUT2D eigenvalue weighted by atomic mass is 10.2. The molecule has 0 aliphatic carbocycles. The van der Waals surface area contributed by atoms with Crippen LogP contribution < -0.4 is 5.43 Å². The molecular formula is C9H13N3O. The summed E-state index contributed by atoms with van der Waals surface area (Å²) in [5, 5.41) is 12.6. The molecule has 1 aromatic rings. The maximum absolute atomic E-state index is 8.51. The zero-order valence-electron chi connectivity index (χ0n) is 7.57. The number of aliphatic hydroxyl groups is 1. The van der Waals surface area contributed by atoms with Gasteiger partial charge < -0.3 is 10.5 Å². The summed E-state index contributed by atoms with van der Waals surface area (Å²) in [5.74, 6) is 0. The van der Waals surface area contributed by atoms with E-state index >= 15 is 0 Å². The standard InChI is InChI=1S/C9H13N3O/c1-8(12-11-6-7-13)9-2-4-10-5-3-9/h2-5,11,13H,6-7H2,1H3/b12-8+. The van der Waals surface area contributed by atoms with Gasteiger partial charge in [-0.15, -0.1) is 0 Å². The van der Waals surface area contributed by atoms with Crippen molar-refractivity contribution in [1.29, 1.82) is 0 Å². The van der Waals surface area contributed by atoms with Gasteiger partial charge in [0, 0.05) is 18.0 Å². The first kappa shape index (κ1) is 9.67. The van der Waals surface area contributed by atoms with E-state index < -0.39 is 0 Å². The van der Waals surface area contributed by atoms with Crippen molar-refractivity contribution in [2.24, 2.45) is 5.10 Å². The highest BCUT2D eigenvalue weighted by Crippen LogP contribution is 1.97. The van der Waals surface area contributed by atoms with Crippen LogP contribution in [0.5, 0.6) is 0 Å². The Balaban J connectivity index is 2.57. The van der Waals surface area contributed by atoms with Gasteiger partial charge in [-0.1, -0.05) is 0 Å². The Kier molecular flexibility index (Phi) is 3.92. The minimum absolute atomic E-state index is 0.0904. The second kappa shape index (κ2) is 5.27. The lowest BCUT2D eigenvalue weighted by molar-refractivity contribution is 0.293. The molecule has 1 aromatic heterocycles. The summed E-state index contributed by atoms with van der Waals surface area (Å²) in [6, 6.07) is 3.78. The summed E-state index contributed by atoms with van der Waals surface area (Å²) in [6.07, 6.45) is 3.45. The van der Waals surface area contributed by atoms with Gasteiger partial charge in [0.25, 0.3) is 0 Å². The Bertz CT molecular complexity index is 271. The van der Waals surface area contributed by atoms with Crippen LogP contribution in [-0.4, -0.2) is 29.0 Å². The van der Waals surface area contributed by atoms with Crippen molar-refractivity contribution in [2.45, 2.75) is 6.92 Å². The number of hydrazone groups is 1. The summed E-state index contributed by atoms with van der Waals surface area (Å²) in [5.41, 5.74) is 4.66. The highest BCUT2D eigenvalue weighted by atomic mass is 16.3. The van der Waals surface area contributed by atoms with Crippen LogP contribution in [-0.2, 0) is 0 Å². The maximum atomic E-state index is 8.51. The fraction of sp³-hybridized carbons (Fsp3) is 0.333. The van der Waals surface area contributed by atoms with Crippen LogP contribution in [0.4, 0.5) is 0 Å². The minimum atomic E-state index is 0.0904. The molecule has 0 aromatic carbocycles. The Hall–Kier alpha value is -1.42. The molecule has 4 nitrogen and oxygen atoms in total. The monoisotopic (exact) mass is 179 g/mol. The molecular weight excluding hydrogens is 166 g/mol. The van der Waals surface area contributed by atoms with Crippen LogP contribution in [0.2, 0.25) is 0 Å². The molecule has 4 heteroatoms. The van der Waals surface area contributed by atoms with Gasteiger partial charge in [0.05, 0.1) is 18.9 Å². The molecule has 1 heterocycles. The molecule has 1 rings (SSSR count). The second-order valence-corrected chi connectivity index (χ2v) is 2.56. The third-order valence-electron chi connectivity index (χ3n) is 1.57. The van der Waals surface area contributed by atoms with E-state index in [1.165, 1.54) is 0 Å². The zero-order chi connectivity index (χ0) is 9.52. The Morgan fingerprint density at radius 1 is 1.54 bits per heavy atom. The number of pyridine rings is 1. The van der Waals surface area contributed by atoms with Gasteiger partial charge in [0.15, 0.2) is 0 Å². The third-order valence-corrected chi connectivity index (χ3v) is 1.57. The first-order valence-electron chi connectivity index (χ1n) is 4.13. The Morgan fingerprint density at radius 2 is 2.23 bits per heavy atom. The summed E-state index contributed by atoms with van der Waals surface area (Å²) in [7, 11) is 0. The van der Waals surface area contributed by atoms with Gasteiger partial charge in [-0.25, -0.2) is 0 Å². The summed E-state index contributed by atoms with van der Waals surface area (Å²) in [4.78, 5) is 3.91. The van der Waals surface area contributed by atoms with Crippen molar-refractivity contribution >= 4 is 5.71 Å². The molecule has 70 valence electrons. The average Bonchev–Trinajstić information content (AvgIpc) is 2.19. The second-order valence-electron chi connectivity index (χ2n) is 2.56. The highest BCUT2D eigenvalue weighted by molar-refractivity contribution is 5.98. The molecule has 0 radical (unpaired) electrons. The van der Waals surface area contributed by atoms with Crippen molar-refractivity contribution in [3.05, 3.63) is 30.1 Å². The van der Waals surface area contributed by atoms with E-state index in [9.17, 15) is 0 Å². The molecule has 0 aliphatic heterocycles. The Labute approximate surface area is 77.3 Å². The number of hydrogen-bond donors (Lipinski definition) is 2. The normalized spacial score (nSPS) is 11.4. The van der Waals surface area contributed by atoms with Crippen LogP contribution in [0.25, 0.3) is 0 Å². The smallest absolute Gasteiger partial charge is 0.0645 e. The van der Waals surface area contributed by atoms with Gasteiger partial charge in [-0.3, -0.25) is 4.98 Å². The predicted octanol–water partition coefficient (Wildman–Crippen LogP) is 0.387. The topological polar surface area (TPSA) is 57.5 Å². The van der Waals surface area contributed by atoms with Crippen molar-refractivity contribution in [2.75, 3.05) is 13.2 Å². The summed E-state index contributed by atoms with van der Waals surface area (Å²) >= 11 is 0. The number of aliphatic hydroxyl groups excluding tert-OH is 1. The SMILES string of the molecule is C/C(=N\NCCO)c1ccncc1. The fourth-order valence-electron chi connectivity index (χ4n) is 0.882. The van der Waals surface area contributed by atoms with E-state index in [0.29, 0.717) is 6.54 Å². The minimum Gasteiger partial charge on any atom is -0.394 e. The molecule has 2 N–H and O–H groups in total. The first-order valence-corrected chi connectivity index (χ1v) is 4.13. The molecule has 0 saturated carbocycles. The fourth-order valence-corrected chi connectivity index (χ4v) is 0.882. The van der Waals surface area contributed by atoms with Gasteiger partial charge in [0.1, 0.15) is 0 Å². The van der Waals surface area contributed by atoms with E-state index in [0.717, 1.165) is 11.3 Å². The first-order chi connectivity index (χ1) is 6.34. The van der Waals surface area contributed by atoms with E-state index in [2.05, 4.69) is 15.5 Å². The molecule has 0 aliphatic rings. The van der Waals surface area contributed by atoms with Crippen LogP contribution in [0.3, 0.4) is 0 Å². The van der Waals surface area contributed by atoms with Gasteiger partial charge in [-0.2, -0.15) is 5.10 Å². The van der Waals surface area contributed by atoms with E-state index in [4.69, 9.17) is 5.11 Å². The van der Waals surface area contributed by atoms with Crippen molar-refractivity contribution in [1.82, 2.24) is 10.4 Å². The van der Waals surface area contributed by atoms with Gasteiger partial charge >= 0.3 is 0 Å². The number of rotatable bonds is 4. The number of hydrogen-bond acceptors (Lipinski definition) is 4. The lowest BCUT2D eigenvalue weighted by Crippen LogP contribution is -2.13. The van der Waals surface area contributed by atoms with Gasteiger partial charge in [0.2, 0.25) is 0 Å². The van der Waals surface area contributed by atoms with Crippen LogP contribution in [0, 0.1) is 0 Å². The van der Waals surface area contributed by atoms with Crippen molar-refractivity contribution in [3.8, 4) is 0 Å². The number of nitrogens with one attached hydrogen (secondary N) is 1. The molecule has 0 saturated heterocycles. The van der Waals surface area contributed by atoms with Crippen LogP contribution in [0.1, 0.15) is 12.5 Å². The van der Waals surface area contributed by atoms with Crippen LogP contribution in [0.15, 0.2) is 29.6 Å². The van der Waals surface area contributed by atoms with Crippen molar-refractivity contribution < 1.29 is 5.11 Å². The van der Waals surface area contributed by atoms with E-state index in [-0.39, 0.29) is 6.61 Å². The maximum Gasteiger partial charge on any atom is 0.0645 e. The van der Waals surface area contributed by atoms with Crippen LogP contribution >= 0.6 is 0 Å². The lowest BCUT2D eigenvalue weighted by Gasteiger charge is -2.00. The predicted molar refractivity (Wildman–Crippen MR) is 51.5 cm³/mol. The molecule has 0 spiro atoms. The van der Waals surface area contributed by atoms with Crippen molar-refractivity contribution in [3.63, 3.8) is 0 Å². The number of nitrogens with zero attached hydrogens (tertiary/aromatic N) is 2. The summed E-state index contributed by atoms with van der Waals surface area (Å²) < 4.78 is 0.